The second-order valence-electron chi connectivity index (χ2n) is 7.08. The number of hydrogen-bond acceptors (Lipinski definition) is 5. The Morgan fingerprint density at radius 3 is 2.74 bits per heavy atom. The fraction of sp³-hybridized carbons (Fsp3) is 0.273. The molecule has 7 nitrogen and oxygen atoms in total. The van der Waals surface area contributed by atoms with Gasteiger partial charge in [0.15, 0.2) is 5.82 Å². The highest BCUT2D eigenvalue weighted by molar-refractivity contribution is 7.89. The van der Waals surface area contributed by atoms with Crippen LogP contribution in [0.25, 0.3) is 22.1 Å². The standard InChI is InChI=1S/C22H21ClN4O3S/c1-2-27-21-7-6-18(31(28,29)26-8-10-30-11-9-26)14-20(21)25-22(27)19(23)13-16-4-3-5-17(12-16)15-24/h3-7,12-14H,2,8-11H2,1H3/b19-13-. The Labute approximate surface area is 186 Å². The number of benzene rings is 2. The van der Waals surface area contributed by atoms with Gasteiger partial charge in [-0.15, -0.1) is 0 Å². The van der Waals surface area contributed by atoms with Gasteiger partial charge in [0.05, 0.1) is 45.8 Å². The number of hydrogen-bond donors (Lipinski definition) is 0. The van der Waals surface area contributed by atoms with E-state index in [4.69, 9.17) is 21.6 Å². The van der Waals surface area contributed by atoms with Crippen LogP contribution < -0.4 is 0 Å². The third-order valence-electron chi connectivity index (χ3n) is 5.17. The summed E-state index contributed by atoms with van der Waals surface area (Å²) in [6.45, 7) is 4.05. The molecule has 1 aliphatic rings. The van der Waals surface area contributed by atoms with Crippen molar-refractivity contribution in [1.29, 1.82) is 5.26 Å². The molecule has 3 aromatic rings. The maximum absolute atomic E-state index is 13.0. The van der Waals surface area contributed by atoms with Crippen molar-refractivity contribution in [3.05, 3.63) is 59.4 Å². The minimum Gasteiger partial charge on any atom is -0.379 e. The Kier molecular flexibility index (Phi) is 6.12. The lowest BCUT2D eigenvalue weighted by Gasteiger charge is -2.26. The number of morpholine rings is 1. The molecule has 0 amide bonds. The van der Waals surface area contributed by atoms with Crippen LogP contribution in [0.4, 0.5) is 0 Å². The Morgan fingerprint density at radius 2 is 2.03 bits per heavy atom. The molecule has 0 aliphatic carbocycles. The summed E-state index contributed by atoms with van der Waals surface area (Å²) in [5.41, 5.74) is 2.69. The van der Waals surface area contributed by atoms with Crippen molar-refractivity contribution < 1.29 is 13.2 Å². The van der Waals surface area contributed by atoms with E-state index in [-0.39, 0.29) is 4.90 Å². The lowest BCUT2D eigenvalue weighted by Crippen LogP contribution is -2.40. The first-order chi connectivity index (χ1) is 14.9. The number of halogens is 1. The van der Waals surface area contributed by atoms with E-state index in [1.54, 1.807) is 42.5 Å². The number of aryl methyl sites for hydroxylation is 1. The van der Waals surface area contributed by atoms with Crippen molar-refractivity contribution >= 4 is 43.8 Å². The lowest BCUT2D eigenvalue weighted by molar-refractivity contribution is 0.0730. The Balaban J connectivity index is 1.75. The van der Waals surface area contributed by atoms with Crippen molar-refractivity contribution in [3.63, 3.8) is 0 Å². The summed E-state index contributed by atoms with van der Waals surface area (Å²) in [6, 6.07) is 14.2. The van der Waals surface area contributed by atoms with Gasteiger partial charge in [-0.1, -0.05) is 23.7 Å². The summed E-state index contributed by atoms with van der Waals surface area (Å²) >= 11 is 6.60. The number of rotatable bonds is 5. The number of imidazole rings is 1. The summed E-state index contributed by atoms with van der Waals surface area (Å²) < 4.78 is 34.6. The fourth-order valence-corrected chi connectivity index (χ4v) is 5.32. The normalized spacial score (nSPS) is 15.8. The van der Waals surface area contributed by atoms with E-state index in [2.05, 4.69) is 11.1 Å². The van der Waals surface area contributed by atoms with Gasteiger partial charge in [0, 0.05) is 19.6 Å². The van der Waals surface area contributed by atoms with Crippen molar-refractivity contribution in [3.8, 4) is 6.07 Å². The van der Waals surface area contributed by atoms with Gasteiger partial charge in [0.2, 0.25) is 10.0 Å². The summed E-state index contributed by atoms with van der Waals surface area (Å²) in [7, 11) is -3.61. The Bertz CT molecular complexity index is 1300. The fourth-order valence-electron chi connectivity index (χ4n) is 3.62. The quantitative estimate of drug-likeness (QED) is 0.584. The lowest BCUT2D eigenvalue weighted by atomic mass is 10.1. The maximum Gasteiger partial charge on any atom is 0.243 e. The minimum absolute atomic E-state index is 0.205. The molecule has 4 rings (SSSR count). The first-order valence-corrected chi connectivity index (χ1v) is 11.7. The van der Waals surface area contributed by atoms with Crippen molar-refractivity contribution in [2.24, 2.45) is 0 Å². The zero-order valence-electron chi connectivity index (χ0n) is 17.0. The van der Waals surface area contributed by atoms with Gasteiger partial charge in [0.25, 0.3) is 0 Å². The van der Waals surface area contributed by atoms with Gasteiger partial charge in [-0.05, 0) is 48.9 Å². The van der Waals surface area contributed by atoms with Crippen LogP contribution in [0.3, 0.4) is 0 Å². The van der Waals surface area contributed by atoms with E-state index in [9.17, 15) is 8.42 Å². The van der Waals surface area contributed by atoms with Crippen molar-refractivity contribution in [2.75, 3.05) is 26.3 Å². The van der Waals surface area contributed by atoms with E-state index in [0.29, 0.717) is 54.8 Å². The van der Waals surface area contributed by atoms with Gasteiger partial charge in [0.1, 0.15) is 0 Å². The summed E-state index contributed by atoms with van der Waals surface area (Å²) in [5, 5.41) is 9.50. The third-order valence-corrected chi connectivity index (χ3v) is 7.34. The summed E-state index contributed by atoms with van der Waals surface area (Å²) in [4.78, 5) is 4.84. The number of ether oxygens (including phenoxy) is 1. The highest BCUT2D eigenvalue weighted by Gasteiger charge is 2.27. The predicted octanol–water partition coefficient (Wildman–Crippen LogP) is 3.69. The van der Waals surface area contributed by atoms with Gasteiger partial charge in [-0.2, -0.15) is 9.57 Å². The molecule has 2 heterocycles. The van der Waals surface area contributed by atoms with Crippen LogP contribution in [0.1, 0.15) is 23.9 Å². The van der Waals surface area contributed by atoms with Crippen molar-refractivity contribution in [1.82, 2.24) is 13.9 Å². The monoisotopic (exact) mass is 456 g/mol. The van der Waals surface area contributed by atoms with E-state index in [1.165, 1.54) is 4.31 Å². The van der Waals surface area contributed by atoms with Crippen LogP contribution in [0.5, 0.6) is 0 Å². The molecule has 1 fully saturated rings. The van der Waals surface area contributed by atoms with Crippen LogP contribution in [0, 0.1) is 11.3 Å². The summed E-state index contributed by atoms with van der Waals surface area (Å²) in [6.07, 6.45) is 1.75. The molecule has 0 radical (unpaired) electrons. The van der Waals surface area contributed by atoms with E-state index >= 15 is 0 Å². The van der Waals surface area contributed by atoms with Crippen LogP contribution in [0.2, 0.25) is 0 Å². The topological polar surface area (TPSA) is 88.2 Å². The molecule has 0 spiro atoms. The minimum atomic E-state index is -3.61. The van der Waals surface area contributed by atoms with Gasteiger partial charge >= 0.3 is 0 Å². The molecule has 2 aromatic carbocycles. The van der Waals surface area contributed by atoms with Gasteiger partial charge < -0.3 is 9.30 Å². The van der Waals surface area contributed by atoms with E-state index in [0.717, 1.165) is 11.1 Å². The highest BCUT2D eigenvalue weighted by atomic mass is 35.5. The molecule has 0 atom stereocenters. The first-order valence-electron chi connectivity index (χ1n) is 9.90. The molecule has 31 heavy (non-hydrogen) atoms. The second kappa shape index (κ2) is 8.81. The Hall–Kier alpha value is -2.70. The highest BCUT2D eigenvalue weighted by Crippen LogP contribution is 2.29. The van der Waals surface area contributed by atoms with Crippen LogP contribution in [-0.2, 0) is 21.3 Å². The molecule has 0 N–H and O–H groups in total. The average Bonchev–Trinajstić information content (AvgIpc) is 3.18. The number of aromatic nitrogens is 2. The van der Waals surface area contributed by atoms with E-state index in [1.807, 2.05) is 17.6 Å². The second-order valence-corrected chi connectivity index (χ2v) is 9.42. The smallest absolute Gasteiger partial charge is 0.243 e. The number of sulfonamides is 1. The molecule has 1 aromatic heterocycles. The van der Waals surface area contributed by atoms with Crippen LogP contribution >= 0.6 is 11.6 Å². The molecule has 0 unspecified atom stereocenters. The van der Waals surface area contributed by atoms with Crippen LogP contribution in [-0.4, -0.2) is 48.6 Å². The molecule has 1 aliphatic heterocycles. The zero-order chi connectivity index (χ0) is 22.0. The summed E-state index contributed by atoms with van der Waals surface area (Å²) in [5.74, 6) is 0.544. The van der Waals surface area contributed by atoms with Crippen LogP contribution in [0.15, 0.2) is 47.4 Å². The number of nitriles is 1. The van der Waals surface area contributed by atoms with E-state index < -0.39 is 10.0 Å². The first kappa shape index (κ1) is 21.5. The van der Waals surface area contributed by atoms with Crippen molar-refractivity contribution in [2.45, 2.75) is 18.4 Å². The Morgan fingerprint density at radius 1 is 1.26 bits per heavy atom. The molecule has 9 heteroatoms. The van der Waals surface area contributed by atoms with Gasteiger partial charge in [-0.25, -0.2) is 13.4 Å². The molecule has 0 saturated carbocycles. The van der Waals surface area contributed by atoms with Gasteiger partial charge in [-0.3, -0.25) is 0 Å². The molecular formula is C22H21ClN4O3S. The maximum atomic E-state index is 13.0. The SMILES string of the molecule is CCn1c(/C(Cl)=C/c2cccc(C#N)c2)nc2cc(S(=O)(=O)N3CCOCC3)ccc21. The molecule has 1 saturated heterocycles. The third kappa shape index (κ3) is 4.23. The number of fused-ring (bicyclic) bond motifs is 1. The zero-order valence-corrected chi connectivity index (χ0v) is 18.5. The average molecular weight is 457 g/mol. The molecule has 0 bridgehead atoms. The predicted molar refractivity (Wildman–Crippen MR) is 120 cm³/mol. The molecular weight excluding hydrogens is 436 g/mol. The largest absolute Gasteiger partial charge is 0.379 e. The molecule has 160 valence electrons. The number of nitrogens with zero attached hydrogens (tertiary/aromatic N) is 4.